The first kappa shape index (κ1) is 18.5. The molecule has 0 saturated carbocycles. The number of carbonyl (C=O) groups is 1. The topological polar surface area (TPSA) is 37.3 Å². The summed E-state index contributed by atoms with van der Waals surface area (Å²) in [6.45, 7) is 6.99. The maximum atomic E-state index is 10.4. The molecule has 0 aliphatic heterocycles. The van der Waals surface area contributed by atoms with Gasteiger partial charge in [0.25, 0.3) is 0 Å². The minimum Gasteiger partial charge on any atom is -0.481 e. The molecule has 0 aromatic carbocycles. The maximum Gasteiger partial charge on any atom is 0.303 e. The van der Waals surface area contributed by atoms with Crippen LogP contribution in [0.4, 0.5) is 0 Å². The molecule has 0 fully saturated rings. The van der Waals surface area contributed by atoms with E-state index in [4.69, 9.17) is 5.11 Å². The lowest BCUT2D eigenvalue weighted by atomic mass is 9.87. The van der Waals surface area contributed by atoms with Crippen LogP contribution in [0.2, 0.25) is 0 Å². The first-order valence-electron chi connectivity index (χ1n) is 8.29. The summed E-state index contributed by atoms with van der Waals surface area (Å²) in [6, 6.07) is 0. The Morgan fingerprint density at radius 1 is 0.842 bits per heavy atom. The number of aliphatic carboxylic acids is 1. The summed E-state index contributed by atoms with van der Waals surface area (Å²) in [5, 5.41) is 8.57. The molecule has 1 N–H and O–H groups in total. The molecule has 0 bridgehead atoms. The first-order valence-corrected chi connectivity index (χ1v) is 8.29. The van der Waals surface area contributed by atoms with Crippen LogP contribution in [0, 0.1) is 11.8 Å². The van der Waals surface area contributed by atoms with Crippen LogP contribution in [0.25, 0.3) is 0 Å². The Morgan fingerprint density at radius 2 is 1.32 bits per heavy atom. The van der Waals surface area contributed by atoms with Gasteiger partial charge in [-0.3, -0.25) is 4.79 Å². The molecule has 0 rings (SSSR count). The van der Waals surface area contributed by atoms with Crippen molar-refractivity contribution in [3.05, 3.63) is 0 Å². The summed E-state index contributed by atoms with van der Waals surface area (Å²) in [5.74, 6) is 0.950. The molecule has 0 spiro atoms. The summed E-state index contributed by atoms with van der Waals surface area (Å²) in [5.41, 5.74) is 0. The third-order valence-electron chi connectivity index (χ3n) is 4.28. The van der Waals surface area contributed by atoms with Gasteiger partial charge in [-0.15, -0.1) is 0 Å². The summed E-state index contributed by atoms with van der Waals surface area (Å²) in [6.07, 6.45) is 12.9. The second-order valence-electron chi connectivity index (χ2n) is 6.15. The highest BCUT2D eigenvalue weighted by Gasteiger charge is 2.11. The Balaban J connectivity index is 3.42. The lowest BCUT2D eigenvalue weighted by molar-refractivity contribution is -0.137. The van der Waals surface area contributed by atoms with Crippen LogP contribution in [0.15, 0.2) is 0 Å². The number of hydrogen-bond acceptors (Lipinski definition) is 1. The summed E-state index contributed by atoms with van der Waals surface area (Å²) >= 11 is 0. The fourth-order valence-corrected chi connectivity index (χ4v) is 2.56. The SMILES string of the molecule is CCCCCCCC(C)C(C)CCCCCC(=O)O. The Hall–Kier alpha value is -0.530. The average molecular weight is 270 g/mol. The standard InChI is InChI=1S/C17H34O2/c1-4-5-6-7-9-12-15(2)16(3)13-10-8-11-14-17(18)19/h15-16H,4-14H2,1-3H3,(H,18,19). The van der Waals surface area contributed by atoms with Crippen molar-refractivity contribution in [3.8, 4) is 0 Å². The Morgan fingerprint density at radius 3 is 1.79 bits per heavy atom. The van der Waals surface area contributed by atoms with Gasteiger partial charge in [0, 0.05) is 6.42 Å². The molecule has 0 aromatic rings. The fourth-order valence-electron chi connectivity index (χ4n) is 2.56. The first-order chi connectivity index (χ1) is 9.07. The van der Waals surface area contributed by atoms with Crippen LogP contribution >= 0.6 is 0 Å². The number of hydrogen-bond donors (Lipinski definition) is 1. The fraction of sp³-hybridized carbons (Fsp3) is 0.941. The Bertz CT molecular complexity index is 213. The third-order valence-corrected chi connectivity index (χ3v) is 4.28. The zero-order valence-corrected chi connectivity index (χ0v) is 13.3. The van der Waals surface area contributed by atoms with Crippen LogP contribution in [0.5, 0.6) is 0 Å². The maximum absolute atomic E-state index is 10.4. The summed E-state index contributed by atoms with van der Waals surface area (Å²) in [4.78, 5) is 10.4. The highest BCUT2D eigenvalue weighted by molar-refractivity contribution is 5.66. The van der Waals surface area contributed by atoms with Gasteiger partial charge in [0.15, 0.2) is 0 Å². The largest absolute Gasteiger partial charge is 0.481 e. The Kier molecular flexibility index (Phi) is 12.2. The molecule has 0 amide bonds. The molecule has 0 radical (unpaired) electrons. The molecule has 2 unspecified atom stereocenters. The van der Waals surface area contributed by atoms with Crippen molar-refractivity contribution in [2.45, 2.75) is 91.4 Å². The van der Waals surface area contributed by atoms with Crippen molar-refractivity contribution in [3.63, 3.8) is 0 Å². The molecular weight excluding hydrogens is 236 g/mol. The molecule has 0 heterocycles. The monoisotopic (exact) mass is 270 g/mol. The van der Waals surface area contributed by atoms with Crippen molar-refractivity contribution < 1.29 is 9.90 Å². The molecule has 0 aliphatic rings. The molecule has 0 aromatic heterocycles. The van der Waals surface area contributed by atoms with E-state index in [1.807, 2.05) is 0 Å². The quantitative estimate of drug-likeness (QED) is 0.439. The lowest BCUT2D eigenvalue weighted by Crippen LogP contribution is -2.08. The molecule has 114 valence electrons. The van der Waals surface area contributed by atoms with Gasteiger partial charge in [0.05, 0.1) is 0 Å². The second-order valence-corrected chi connectivity index (χ2v) is 6.15. The average Bonchev–Trinajstić information content (AvgIpc) is 2.37. The molecular formula is C17H34O2. The summed E-state index contributed by atoms with van der Waals surface area (Å²) < 4.78 is 0. The van der Waals surface area contributed by atoms with Crippen molar-refractivity contribution in [2.24, 2.45) is 11.8 Å². The van der Waals surface area contributed by atoms with Crippen LogP contribution in [0.1, 0.15) is 91.4 Å². The molecule has 2 heteroatoms. The summed E-state index contributed by atoms with van der Waals surface area (Å²) in [7, 11) is 0. The van der Waals surface area contributed by atoms with Crippen molar-refractivity contribution >= 4 is 5.97 Å². The van der Waals surface area contributed by atoms with E-state index in [0.717, 1.165) is 24.7 Å². The van der Waals surface area contributed by atoms with E-state index in [0.29, 0.717) is 6.42 Å². The highest BCUT2D eigenvalue weighted by Crippen LogP contribution is 2.23. The predicted molar refractivity (Wildman–Crippen MR) is 82.4 cm³/mol. The van der Waals surface area contributed by atoms with Crippen molar-refractivity contribution in [1.29, 1.82) is 0 Å². The van der Waals surface area contributed by atoms with Crippen molar-refractivity contribution in [2.75, 3.05) is 0 Å². The van der Waals surface area contributed by atoms with Gasteiger partial charge in [0.2, 0.25) is 0 Å². The molecule has 19 heavy (non-hydrogen) atoms. The third kappa shape index (κ3) is 12.3. The Labute approximate surface area is 120 Å². The van der Waals surface area contributed by atoms with Gasteiger partial charge in [-0.05, 0) is 18.3 Å². The van der Waals surface area contributed by atoms with Crippen LogP contribution in [-0.2, 0) is 4.79 Å². The van der Waals surface area contributed by atoms with E-state index in [1.165, 1.54) is 51.4 Å². The van der Waals surface area contributed by atoms with Crippen LogP contribution < -0.4 is 0 Å². The van der Waals surface area contributed by atoms with Crippen molar-refractivity contribution in [1.82, 2.24) is 0 Å². The molecule has 2 atom stereocenters. The van der Waals surface area contributed by atoms with Gasteiger partial charge >= 0.3 is 5.97 Å². The van der Waals surface area contributed by atoms with Crippen LogP contribution in [0.3, 0.4) is 0 Å². The highest BCUT2D eigenvalue weighted by atomic mass is 16.4. The van der Waals surface area contributed by atoms with E-state index >= 15 is 0 Å². The molecule has 2 nitrogen and oxygen atoms in total. The van der Waals surface area contributed by atoms with Crippen LogP contribution in [-0.4, -0.2) is 11.1 Å². The zero-order chi connectivity index (χ0) is 14.5. The number of rotatable bonds is 13. The van der Waals surface area contributed by atoms with E-state index in [1.54, 1.807) is 0 Å². The van der Waals surface area contributed by atoms with E-state index < -0.39 is 5.97 Å². The number of carboxylic acid groups (broad SMARTS) is 1. The minimum absolute atomic E-state index is 0.335. The van der Waals surface area contributed by atoms with E-state index in [-0.39, 0.29) is 0 Å². The zero-order valence-electron chi connectivity index (χ0n) is 13.3. The van der Waals surface area contributed by atoms with Gasteiger partial charge in [-0.25, -0.2) is 0 Å². The predicted octanol–water partition coefficient (Wildman–Crippen LogP) is 5.65. The number of carboxylic acids is 1. The molecule has 0 saturated heterocycles. The van der Waals surface area contributed by atoms with Gasteiger partial charge < -0.3 is 5.11 Å². The van der Waals surface area contributed by atoms with Gasteiger partial charge in [-0.2, -0.15) is 0 Å². The van der Waals surface area contributed by atoms with E-state index in [2.05, 4.69) is 20.8 Å². The lowest BCUT2D eigenvalue weighted by Gasteiger charge is -2.19. The van der Waals surface area contributed by atoms with E-state index in [9.17, 15) is 4.79 Å². The number of unbranched alkanes of at least 4 members (excludes halogenated alkanes) is 6. The second kappa shape index (κ2) is 12.5. The smallest absolute Gasteiger partial charge is 0.303 e. The van der Waals surface area contributed by atoms with Gasteiger partial charge in [-0.1, -0.05) is 78.6 Å². The normalized spacial score (nSPS) is 14.3. The van der Waals surface area contributed by atoms with Gasteiger partial charge in [0.1, 0.15) is 0 Å². The molecule has 0 aliphatic carbocycles. The minimum atomic E-state index is -0.659.